The summed E-state index contributed by atoms with van der Waals surface area (Å²) in [4.78, 5) is 4.13. The third kappa shape index (κ3) is 3.20. The molecule has 0 fully saturated rings. The molecule has 5 heteroatoms. The molecule has 3 rings (SSSR count). The van der Waals surface area contributed by atoms with Crippen molar-refractivity contribution in [1.82, 2.24) is 20.1 Å². The van der Waals surface area contributed by atoms with Crippen LogP contribution in [0.2, 0.25) is 0 Å². The summed E-state index contributed by atoms with van der Waals surface area (Å²) in [5.74, 6) is -0.186. The van der Waals surface area contributed by atoms with Gasteiger partial charge in [0.2, 0.25) is 0 Å². The topological polar surface area (TPSA) is 42.7 Å². The van der Waals surface area contributed by atoms with Gasteiger partial charge in [0.25, 0.3) is 0 Å². The van der Waals surface area contributed by atoms with Gasteiger partial charge in [-0.25, -0.2) is 4.39 Å². The number of aryl methyl sites for hydroxylation is 1. The quantitative estimate of drug-likeness (QED) is 0.787. The van der Waals surface area contributed by atoms with Crippen LogP contribution in [0, 0.1) is 5.82 Å². The van der Waals surface area contributed by atoms with Crippen molar-refractivity contribution in [3.63, 3.8) is 0 Å². The molecule has 0 atom stereocenters. The standard InChI is InChI=1S/C17H17FN4/c1-22-12-15(17(21-22)14-6-4-8-19-10-14)11-20-9-13-5-2-3-7-16(13)18/h2-8,10,12,20H,9,11H2,1H3. The molecule has 0 spiro atoms. The zero-order valence-corrected chi connectivity index (χ0v) is 12.3. The van der Waals surface area contributed by atoms with Crippen molar-refractivity contribution in [2.24, 2.45) is 7.05 Å². The highest BCUT2D eigenvalue weighted by molar-refractivity contribution is 5.61. The van der Waals surface area contributed by atoms with Gasteiger partial charge in [0.1, 0.15) is 5.82 Å². The van der Waals surface area contributed by atoms with Gasteiger partial charge in [-0.05, 0) is 18.2 Å². The maximum Gasteiger partial charge on any atom is 0.127 e. The zero-order chi connectivity index (χ0) is 15.4. The number of nitrogens with one attached hydrogen (secondary N) is 1. The van der Waals surface area contributed by atoms with E-state index in [-0.39, 0.29) is 5.82 Å². The molecule has 2 heterocycles. The van der Waals surface area contributed by atoms with Crippen LogP contribution in [0.4, 0.5) is 4.39 Å². The summed E-state index contributed by atoms with van der Waals surface area (Å²) >= 11 is 0. The Balaban J connectivity index is 1.72. The molecular formula is C17H17FN4. The van der Waals surface area contributed by atoms with Gasteiger partial charge in [-0.3, -0.25) is 9.67 Å². The van der Waals surface area contributed by atoms with E-state index in [2.05, 4.69) is 15.4 Å². The summed E-state index contributed by atoms with van der Waals surface area (Å²) in [6, 6.07) is 10.7. The van der Waals surface area contributed by atoms with Crippen LogP contribution in [0.3, 0.4) is 0 Å². The highest BCUT2D eigenvalue weighted by Crippen LogP contribution is 2.20. The first kappa shape index (κ1) is 14.4. The molecule has 2 aromatic heterocycles. The van der Waals surface area contributed by atoms with Crippen LogP contribution in [0.1, 0.15) is 11.1 Å². The fraction of sp³-hybridized carbons (Fsp3) is 0.176. The molecule has 0 aliphatic rings. The number of rotatable bonds is 5. The molecule has 0 bridgehead atoms. The lowest BCUT2D eigenvalue weighted by Crippen LogP contribution is -2.13. The predicted octanol–water partition coefficient (Wildman–Crippen LogP) is 2.91. The molecule has 112 valence electrons. The first-order chi connectivity index (χ1) is 10.7. The van der Waals surface area contributed by atoms with E-state index >= 15 is 0 Å². The van der Waals surface area contributed by atoms with Gasteiger partial charge in [-0.15, -0.1) is 0 Å². The van der Waals surface area contributed by atoms with Gasteiger partial charge >= 0.3 is 0 Å². The lowest BCUT2D eigenvalue weighted by atomic mass is 10.1. The second-order valence-electron chi connectivity index (χ2n) is 5.11. The van der Waals surface area contributed by atoms with Crippen molar-refractivity contribution < 1.29 is 4.39 Å². The van der Waals surface area contributed by atoms with E-state index in [1.165, 1.54) is 6.07 Å². The minimum atomic E-state index is -0.186. The molecule has 3 aromatic rings. The Kier molecular flexibility index (Phi) is 4.25. The maximum atomic E-state index is 13.6. The Hall–Kier alpha value is -2.53. The molecule has 22 heavy (non-hydrogen) atoms. The third-order valence-corrected chi connectivity index (χ3v) is 3.43. The minimum Gasteiger partial charge on any atom is -0.308 e. The van der Waals surface area contributed by atoms with Crippen LogP contribution in [-0.2, 0) is 20.1 Å². The van der Waals surface area contributed by atoms with Gasteiger partial charge in [0.05, 0.1) is 5.69 Å². The number of hydrogen-bond acceptors (Lipinski definition) is 3. The van der Waals surface area contributed by atoms with E-state index < -0.39 is 0 Å². The molecule has 0 aliphatic heterocycles. The van der Waals surface area contributed by atoms with Crippen molar-refractivity contribution in [2.45, 2.75) is 13.1 Å². The molecule has 0 saturated heterocycles. The highest BCUT2D eigenvalue weighted by Gasteiger charge is 2.10. The Labute approximate surface area is 128 Å². The predicted molar refractivity (Wildman–Crippen MR) is 83.4 cm³/mol. The number of halogens is 1. The van der Waals surface area contributed by atoms with Crippen LogP contribution < -0.4 is 5.32 Å². The molecule has 1 N–H and O–H groups in total. The molecular weight excluding hydrogens is 279 g/mol. The van der Waals surface area contributed by atoms with E-state index in [9.17, 15) is 4.39 Å². The molecule has 1 aromatic carbocycles. The first-order valence-corrected chi connectivity index (χ1v) is 7.11. The van der Waals surface area contributed by atoms with Crippen LogP contribution in [-0.4, -0.2) is 14.8 Å². The van der Waals surface area contributed by atoms with E-state index in [1.54, 1.807) is 29.2 Å². The number of hydrogen-bond donors (Lipinski definition) is 1. The van der Waals surface area contributed by atoms with Crippen molar-refractivity contribution in [3.05, 3.63) is 71.9 Å². The van der Waals surface area contributed by atoms with E-state index in [0.717, 1.165) is 16.8 Å². The summed E-state index contributed by atoms with van der Waals surface area (Å²) in [6.07, 6.45) is 5.50. The number of aromatic nitrogens is 3. The highest BCUT2D eigenvalue weighted by atomic mass is 19.1. The van der Waals surface area contributed by atoms with E-state index in [4.69, 9.17) is 0 Å². The number of nitrogens with zero attached hydrogens (tertiary/aromatic N) is 3. The number of pyridine rings is 1. The molecule has 0 saturated carbocycles. The van der Waals surface area contributed by atoms with E-state index in [0.29, 0.717) is 18.7 Å². The molecule has 0 amide bonds. The summed E-state index contributed by atoms with van der Waals surface area (Å²) in [5.41, 5.74) is 3.60. The van der Waals surface area contributed by atoms with Crippen LogP contribution in [0.5, 0.6) is 0 Å². The monoisotopic (exact) mass is 296 g/mol. The van der Waals surface area contributed by atoms with Gasteiger partial charge in [-0.2, -0.15) is 5.10 Å². The normalized spacial score (nSPS) is 10.8. The lowest BCUT2D eigenvalue weighted by Gasteiger charge is -2.06. The minimum absolute atomic E-state index is 0.186. The summed E-state index contributed by atoms with van der Waals surface area (Å²) in [6.45, 7) is 1.10. The van der Waals surface area contributed by atoms with Crippen LogP contribution in [0.15, 0.2) is 55.0 Å². The summed E-state index contributed by atoms with van der Waals surface area (Å²) < 4.78 is 15.4. The largest absolute Gasteiger partial charge is 0.308 e. The first-order valence-electron chi connectivity index (χ1n) is 7.11. The molecule has 0 aliphatic carbocycles. The fourth-order valence-electron chi connectivity index (χ4n) is 2.39. The Morgan fingerprint density at radius 3 is 2.68 bits per heavy atom. The lowest BCUT2D eigenvalue weighted by molar-refractivity contribution is 0.588. The molecule has 0 unspecified atom stereocenters. The Morgan fingerprint density at radius 1 is 1.09 bits per heavy atom. The van der Waals surface area contributed by atoms with Crippen LogP contribution in [0.25, 0.3) is 11.3 Å². The van der Waals surface area contributed by atoms with Crippen molar-refractivity contribution in [1.29, 1.82) is 0 Å². The Bertz CT molecular complexity index is 752. The number of benzene rings is 1. The van der Waals surface area contributed by atoms with Gasteiger partial charge in [-0.1, -0.05) is 18.2 Å². The van der Waals surface area contributed by atoms with Gasteiger partial charge in [0, 0.05) is 55.4 Å². The summed E-state index contributed by atoms with van der Waals surface area (Å²) in [7, 11) is 1.89. The second kappa shape index (κ2) is 6.49. The Morgan fingerprint density at radius 2 is 1.91 bits per heavy atom. The van der Waals surface area contributed by atoms with Crippen molar-refractivity contribution in [2.75, 3.05) is 0 Å². The average molecular weight is 296 g/mol. The second-order valence-corrected chi connectivity index (χ2v) is 5.11. The maximum absolute atomic E-state index is 13.6. The van der Waals surface area contributed by atoms with Gasteiger partial charge in [0.15, 0.2) is 0 Å². The van der Waals surface area contributed by atoms with Crippen LogP contribution >= 0.6 is 0 Å². The van der Waals surface area contributed by atoms with Gasteiger partial charge < -0.3 is 5.32 Å². The molecule has 4 nitrogen and oxygen atoms in total. The average Bonchev–Trinajstić information content (AvgIpc) is 2.91. The third-order valence-electron chi connectivity index (χ3n) is 3.43. The smallest absolute Gasteiger partial charge is 0.127 e. The van der Waals surface area contributed by atoms with Crippen molar-refractivity contribution in [3.8, 4) is 11.3 Å². The van der Waals surface area contributed by atoms with E-state index in [1.807, 2.05) is 31.4 Å². The molecule has 0 radical (unpaired) electrons. The SMILES string of the molecule is Cn1cc(CNCc2ccccc2F)c(-c2cccnc2)n1. The van der Waals surface area contributed by atoms with Crippen molar-refractivity contribution >= 4 is 0 Å². The fourth-order valence-corrected chi connectivity index (χ4v) is 2.39. The zero-order valence-electron chi connectivity index (χ0n) is 12.3. The summed E-state index contributed by atoms with van der Waals surface area (Å²) in [5, 5.41) is 7.76.